The summed E-state index contributed by atoms with van der Waals surface area (Å²) in [6.07, 6.45) is 0. The summed E-state index contributed by atoms with van der Waals surface area (Å²) in [6, 6.07) is 42.6. The highest BCUT2D eigenvalue weighted by Gasteiger charge is 2.29. The van der Waals surface area contributed by atoms with E-state index in [2.05, 4.69) is 54.6 Å². The first-order valence-electron chi connectivity index (χ1n) is 10.1. The molecule has 0 aliphatic heterocycles. The molecule has 2 heteroatoms. The minimum atomic E-state index is -2.98. The molecule has 5 aromatic rings. The highest BCUT2D eigenvalue weighted by Crippen LogP contribution is 2.43. The Kier molecular flexibility index (Phi) is 4.83. The Morgan fingerprint density at radius 1 is 0.467 bits per heavy atom. The lowest BCUT2D eigenvalue weighted by Gasteiger charge is -2.21. The molecule has 0 spiro atoms. The van der Waals surface area contributed by atoms with Gasteiger partial charge in [0, 0.05) is 15.9 Å². The van der Waals surface area contributed by atoms with Crippen molar-refractivity contribution in [2.24, 2.45) is 0 Å². The molecule has 5 rings (SSSR count). The molecule has 0 amide bonds. The number of fused-ring (bicyclic) bond motifs is 1. The van der Waals surface area contributed by atoms with Crippen LogP contribution >= 0.6 is 7.14 Å². The minimum absolute atomic E-state index is 0.852. The molecule has 0 unspecified atom stereocenters. The lowest BCUT2D eigenvalue weighted by molar-refractivity contribution is 0.592. The molecule has 30 heavy (non-hydrogen) atoms. The van der Waals surface area contributed by atoms with Crippen LogP contribution in [-0.2, 0) is 4.57 Å². The fourth-order valence-electron chi connectivity index (χ4n) is 4.07. The molecular weight excluding hydrogens is 383 g/mol. The van der Waals surface area contributed by atoms with E-state index in [1.54, 1.807) is 0 Å². The molecule has 0 N–H and O–H groups in total. The molecule has 144 valence electrons. The Labute approximate surface area is 177 Å². The zero-order valence-corrected chi connectivity index (χ0v) is 17.4. The van der Waals surface area contributed by atoms with Gasteiger partial charge >= 0.3 is 0 Å². The maximum Gasteiger partial charge on any atom is 0.171 e. The molecule has 0 atom stereocenters. The number of hydrogen-bond donors (Lipinski definition) is 0. The summed E-state index contributed by atoms with van der Waals surface area (Å²) in [7, 11) is -2.98. The molecule has 0 heterocycles. The number of rotatable bonds is 4. The normalized spacial score (nSPS) is 11.5. The topological polar surface area (TPSA) is 17.1 Å². The van der Waals surface area contributed by atoms with Crippen molar-refractivity contribution in [1.82, 2.24) is 0 Å². The van der Waals surface area contributed by atoms with Crippen molar-refractivity contribution in [3.05, 3.63) is 127 Å². The Morgan fingerprint density at radius 3 is 1.70 bits per heavy atom. The summed E-state index contributed by atoms with van der Waals surface area (Å²) >= 11 is 0. The molecule has 0 saturated carbocycles. The van der Waals surface area contributed by atoms with Crippen molar-refractivity contribution in [3.63, 3.8) is 0 Å². The van der Waals surface area contributed by atoms with E-state index in [1.165, 1.54) is 10.8 Å². The van der Waals surface area contributed by atoms with Gasteiger partial charge in [-0.1, -0.05) is 121 Å². The number of benzene rings is 5. The van der Waals surface area contributed by atoms with Crippen LogP contribution in [-0.4, -0.2) is 0 Å². The third-order valence-corrected chi connectivity index (χ3v) is 8.61. The van der Waals surface area contributed by atoms with E-state index in [1.807, 2.05) is 72.8 Å². The summed E-state index contributed by atoms with van der Waals surface area (Å²) < 4.78 is 14.7. The molecular formula is C28H21OP. The van der Waals surface area contributed by atoms with Crippen molar-refractivity contribution in [3.8, 4) is 11.1 Å². The smallest absolute Gasteiger partial charge is 0.171 e. The van der Waals surface area contributed by atoms with E-state index < -0.39 is 7.14 Å². The molecule has 0 radical (unpaired) electrons. The second kappa shape index (κ2) is 7.78. The van der Waals surface area contributed by atoms with Crippen molar-refractivity contribution >= 4 is 33.8 Å². The fourth-order valence-corrected chi connectivity index (χ4v) is 6.76. The monoisotopic (exact) mass is 404 g/mol. The molecule has 0 bridgehead atoms. The van der Waals surface area contributed by atoms with Crippen molar-refractivity contribution in [2.75, 3.05) is 0 Å². The van der Waals surface area contributed by atoms with Gasteiger partial charge in [0.15, 0.2) is 7.14 Å². The van der Waals surface area contributed by atoms with E-state index in [0.717, 1.165) is 27.0 Å². The maximum absolute atomic E-state index is 14.7. The lowest BCUT2D eigenvalue weighted by atomic mass is 9.98. The van der Waals surface area contributed by atoms with E-state index in [0.29, 0.717) is 0 Å². The van der Waals surface area contributed by atoms with E-state index in [4.69, 9.17) is 0 Å². The Hall–Kier alpha value is -3.41. The van der Waals surface area contributed by atoms with Crippen LogP contribution in [0.15, 0.2) is 127 Å². The average molecular weight is 404 g/mol. The van der Waals surface area contributed by atoms with Crippen LogP contribution in [0.2, 0.25) is 0 Å². The minimum Gasteiger partial charge on any atom is -0.309 e. The van der Waals surface area contributed by atoms with E-state index >= 15 is 0 Å². The highest BCUT2D eigenvalue weighted by molar-refractivity contribution is 7.85. The van der Waals surface area contributed by atoms with Gasteiger partial charge < -0.3 is 4.57 Å². The molecule has 0 aliphatic rings. The summed E-state index contributed by atoms with van der Waals surface area (Å²) in [5.74, 6) is 0. The summed E-state index contributed by atoms with van der Waals surface area (Å²) in [6.45, 7) is 0. The third kappa shape index (κ3) is 3.18. The summed E-state index contributed by atoms with van der Waals surface area (Å²) in [4.78, 5) is 0. The lowest BCUT2D eigenvalue weighted by Crippen LogP contribution is -2.25. The quantitative estimate of drug-likeness (QED) is 0.329. The zero-order chi connectivity index (χ0) is 20.4. The Bertz CT molecular complexity index is 1310. The third-order valence-electron chi connectivity index (χ3n) is 5.55. The van der Waals surface area contributed by atoms with Crippen LogP contribution in [0.5, 0.6) is 0 Å². The average Bonchev–Trinajstić information content (AvgIpc) is 2.84. The second-order valence-corrected chi connectivity index (χ2v) is 10.1. The first-order chi connectivity index (χ1) is 14.8. The highest BCUT2D eigenvalue weighted by atomic mass is 31.2. The summed E-state index contributed by atoms with van der Waals surface area (Å²) in [5.41, 5.74) is 2.24. The van der Waals surface area contributed by atoms with Crippen LogP contribution in [0.1, 0.15) is 0 Å². The van der Waals surface area contributed by atoms with Crippen molar-refractivity contribution in [2.45, 2.75) is 0 Å². The summed E-state index contributed by atoms with van der Waals surface area (Å²) in [5, 5.41) is 4.96. The van der Waals surface area contributed by atoms with Gasteiger partial charge in [0.2, 0.25) is 0 Å². The molecule has 0 fully saturated rings. The molecule has 0 saturated heterocycles. The Morgan fingerprint density at radius 2 is 1.00 bits per heavy atom. The van der Waals surface area contributed by atoms with Crippen LogP contribution in [0.3, 0.4) is 0 Å². The second-order valence-electron chi connectivity index (χ2n) is 7.36. The molecule has 0 aromatic heterocycles. The standard InChI is InChI=1S/C28H21OP/c29-30(24-14-3-1-4-15-24,25-16-5-2-6-17-25)26-18-9-13-23(21-26)28-20-10-12-22-11-7-8-19-27(22)28/h1-21H. The van der Waals surface area contributed by atoms with E-state index in [-0.39, 0.29) is 0 Å². The van der Waals surface area contributed by atoms with Crippen molar-refractivity contribution in [1.29, 1.82) is 0 Å². The van der Waals surface area contributed by atoms with Gasteiger partial charge in [-0.05, 0) is 28.0 Å². The maximum atomic E-state index is 14.7. The largest absolute Gasteiger partial charge is 0.309 e. The SMILES string of the molecule is O=P(c1ccccc1)(c1ccccc1)c1cccc(-c2cccc3ccccc23)c1. The van der Waals surface area contributed by atoms with Gasteiger partial charge in [0.25, 0.3) is 0 Å². The Balaban J connectivity index is 1.74. The van der Waals surface area contributed by atoms with Crippen LogP contribution in [0, 0.1) is 0 Å². The van der Waals surface area contributed by atoms with Gasteiger partial charge in [-0.15, -0.1) is 0 Å². The van der Waals surface area contributed by atoms with Gasteiger partial charge in [0.05, 0.1) is 0 Å². The molecule has 1 nitrogen and oxygen atoms in total. The van der Waals surface area contributed by atoms with Crippen molar-refractivity contribution < 1.29 is 4.57 Å². The van der Waals surface area contributed by atoms with Crippen LogP contribution in [0.25, 0.3) is 21.9 Å². The van der Waals surface area contributed by atoms with Gasteiger partial charge in [-0.2, -0.15) is 0 Å². The molecule has 5 aromatic carbocycles. The van der Waals surface area contributed by atoms with E-state index in [9.17, 15) is 4.57 Å². The number of hydrogen-bond acceptors (Lipinski definition) is 1. The zero-order valence-electron chi connectivity index (χ0n) is 16.5. The van der Waals surface area contributed by atoms with Gasteiger partial charge in [-0.3, -0.25) is 0 Å². The first kappa shape index (κ1) is 18.6. The van der Waals surface area contributed by atoms with Crippen LogP contribution < -0.4 is 15.9 Å². The van der Waals surface area contributed by atoms with Gasteiger partial charge in [-0.25, -0.2) is 0 Å². The van der Waals surface area contributed by atoms with Crippen LogP contribution in [0.4, 0.5) is 0 Å². The predicted octanol–water partition coefficient (Wildman–Crippen LogP) is 6.15. The molecule has 0 aliphatic carbocycles. The first-order valence-corrected chi connectivity index (χ1v) is 11.8. The van der Waals surface area contributed by atoms with Gasteiger partial charge in [0.1, 0.15) is 0 Å². The predicted molar refractivity (Wildman–Crippen MR) is 129 cm³/mol. The fraction of sp³-hybridized carbons (Fsp3) is 0.